The first-order valence-corrected chi connectivity index (χ1v) is 5.71. The van der Waals surface area contributed by atoms with Crippen molar-refractivity contribution in [2.45, 2.75) is 18.0 Å². The number of hydrogen-bond donors (Lipinski definition) is 2. The molecule has 23 heavy (non-hydrogen) atoms. The summed E-state index contributed by atoms with van der Waals surface area (Å²) < 4.78 is 77.3. The average Bonchev–Trinajstić information content (AvgIpc) is 2.45. The Bertz CT molecular complexity index is 663. The van der Waals surface area contributed by atoms with Crippen molar-refractivity contribution in [1.29, 1.82) is 10.5 Å². The van der Waals surface area contributed by atoms with Crippen molar-refractivity contribution in [3.63, 3.8) is 0 Å². The van der Waals surface area contributed by atoms with Gasteiger partial charge < -0.3 is 10.4 Å². The normalized spacial score (nSPS) is 12.0. The van der Waals surface area contributed by atoms with Gasteiger partial charge in [-0.25, -0.2) is 0 Å². The molecule has 1 aromatic carbocycles. The third kappa shape index (κ3) is 3.38. The highest BCUT2D eigenvalue weighted by Crippen LogP contribution is 2.51. The van der Waals surface area contributed by atoms with Crippen LogP contribution in [0.3, 0.4) is 0 Å². The van der Waals surface area contributed by atoms with Crippen LogP contribution in [0.1, 0.15) is 5.56 Å². The molecular weight excluding hydrogens is 328 g/mol. The predicted molar refractivity (Wildman–Crippen MR) is 65.4 cm³/mol. The quantitative estimate of drug-likeness (QED) is 0.656. The van der Waals surface area contributed by atoms with E-state index in [1.54, 1.807) is 0 Å². The summed E-state index contributed by atoms with van der Waals surface area (Å²) in [5.41, 5.74) is -7.96. The maximum atomic E-state index is 12.9. The van der Waals surface area contributed by atoms with Crippen LogP contribution in [-0.2, 0) is 5.60 Å². The fraction of sp³-hybridized carbons (Fsp3) is 0.231. The molecule has 0 saturated carbocycles. The molecule has 1 rings (SSSR count). The molecule has 0 aromatic heterocycles. The minimum Gasteiger partial charge on any atom is -0.369 e. The number of nitrogens with zero attached hydrogens (tertiary/aromatic N) is 2. The molecule has 0 heterocycles. The number of para-hydroxylation sites is 1. The van der Waals surface area contributed by atoms with Gasteiger partial charge in [-0.1, -0.05) is 18.2 Å². The molecule has 0 spiro atoms. The maximum absolute atomic E-state index is 12.9. The van der Waals surface area contributed by atoms with Gasteiger partial charge in [-0.05, 0) is 6.07 Å². The molecule has 0 saturated heterocycles. The van der Waals surface area contributed by atoms with Gasteiger partial charge in [0.05, 0.1) is 0 Å². The molecule has 0 aliphatic heterocycles. The van der Waals surface area contributed by atoms with E-state index in [-0.39, 0.29) is 0 Å². The van der Waals surface area contributed by atoms with E-state index in [0.717, 1.165) is 18.2 Å². The number of hydrogen-bond acceptors (Lipinski definition) is 4. The van der Waals surface area contributed by atoms with E-state index >= 15 is 0 Å². The number of allylic oxidation sites excluding steroid dienone is 1. The van der Waals surface area contributed by atoms with Gasteiger partial charge in [0, 0.05) is 17.5 Å². The molecule has 0 amide bonds. The van der Waals surface area contributed by atoms with Crippen LogP contribution in [0.4, 0.5) is 32.0 Å². The Labute approximate surface area is 125 Å². The summed E-state index contributed by atoms with van der Waals surface area (Å²) in [6, 6.07) is 6.01. The number of rotatable bonds is 3. The lowest BCUT2D eigenvalue weighted by molar-refractivity contribution is -0.376. The first-order chi connectivity index (χ1) is 10.5. The van der Waals surface area contributed by atoms with Gasteiger partial charge in [0.1, 0.15) is 17.7 Å². The zero-order chi connectivity index (χ0) is 17.9. The fourth-order valence-electron chi connectivity index (χ4n) is 1.63. The highest BCUT2D eigenvalue weighted by Gasteiger charge is 2.72. The van der Waals surface area contributed by atoms with Crippen molar-refractivity contribution in [2.24, 2.45) is 0 Å². The lowest BCUT2D eigenvalue weighted by Gasteiger charge is -2.33. The van der Waals surface area contributed by atoms with Crippen molar-refractivity contribution in [1.82, 2.24) is 0 Å². The Morgan fingerprint density at radius 2 is 1.48 bits per heavy atom. The second kappa shape index (κ2) is 6.18. The molecule has 122 valence electrons. The second-order valence-corrected chi connectivity index (χ2v) is 4.18. The average molecular weight is 335 g/mol. The van der Waals surface area contributed by atoms with Crippen LogP contribution < -0.4 is 5.32 Å². The Hall–Kier alpha value is -2.72. The minimum absolute atomic E-state index is 0.440. The van der Waals surface area contributed by atoms with Crippen LogP contribution in [-0.4, -0.2) is 17.5 Å². The Morgan fingerprint density at radius 1 is 1.00 bits per heavy atom. The van der Waals surface area contributed by atoms with E-state index in [1.165, 1.54) is 12.1 Å². The van der Waals surface area contributed by atoms with Crippen molar-refractivity contribution in [3.05, 3.63) is 41.6 Å². The van der Waals surface area contributed by atoms with E-state index < -0.39 is 34.8 Å². The van der Waals surface area contributed by atoms with Crippen molar-refractivity contribution < 1.29 is 31.4 Å². The van der Waals surface area contributed by atoms with Gasteiger partial charge in [-0.3, -0.25) is 0 Å². The summed E-state index contributed by atoms with van der Waals surface area (Å²) in [4.78, 5) is 0. The van der Waals surface area contributed by atoms with E-state index in [1.807, 2.05) is 5.32 Å². The molecule has 2 N–H and O–H groups in total. The predicted octanol–water partition coefficient (Wildman–Crippen LogP) is 3.34. The number of alkyl halides is 6. The van der Waals surface area contributed by atoms with Crippen LogP contribution in [0, 0.1) is 22.7 Å². The summed E-state index contributed by atoms with van der Waals surface area (Å²) in [5.74, 6) is 0. The van der Waals surface area contributed by atoms with Crippen LogP contribution >= 0.6 is 0 Å². The fourth-order valence-corrected chi connectivity index (χ4v) is 1.63. The number of benzene rings is 1. The van der Waals surface area contributed by atoms with Crippen LogP contribution in [0.25, 0.3) is 0 Å². The smallest absolute Gasteiger partial charge is 0.369 e. The summed E-state index contributed by atoms with van der Waals surface area (Å²) >= 11 is 0. The lowest BCUT2D eigenvalue weighted by Crippen LogP contribution is -2.54. The first-order valence-electron chi connectivity index (χ1n) is 5.71. The third-order valence-electron chi connectivity index (χ3n) is 2.75. The molecule has 0 fully saturated rings. The van der Waals surface area contributed by atoms with Gasteiger partial charge in [0.15, 0.2) is 0 Å². The molecule has 10 heteroatoms. The number of nitriles is 2. The largest absolute Gasteiger partial charge is 0.430 e. The standard InChI is InChI=1S/C13H7F6N3O/c14-12(15,16)11(23,13(17,18)19)9-3-1-2-4-10(9)22-7-8(5-20)6-21/h1-4,7,22-23H. The van der Waals surface area contributed by atoms with Gasteiger partial charge in [-0.2, -0.15) is 36.9 Å². The van der Waals surface area contributed by atoms with Crippen LogP contribution in [0.2, 0.25) is 0 Å². The second-order valence-electron chi connectivity index (χ2n) is 4.18. The highest BCUT2D eigenvalue weighted by atomic mass is 19.4. The van der Waals surface area contributed by atoms with Crippen LogP contribution in [0.15, 0.2) is 36.0 Å². The monoisotopic (exact) mass is 335 g/mol. The van der Waals surface area contributed by atoms with Gasteiger partial charge in [0.2, 0.25) is 0 Å². The van der Waals surface area contributed by atoms with Gasteiger partial charge >= 0.3 is 12.4 Å². The van der Waals surface area contributed by atoms with E-state index in [2.05, 4.69) is 0 Å². The Kier molecular flexibility index (Phi) is 4.93. The lowest BCUT2D eigenvalue weighted by atomic mass is 9.90. The third-order valence-corrected chi connectivity index (χ3v) is 2.75. The van der Waals surface area contributed by atoms with Crippen LogP contribution in [0.5, 0.6) is 0 Å². The zero-order valence-corrected chi connectivity index (χ0v) is 11.0. The summed E-state index contributed by atoms with van der Waals surface area (Å²) in [6.45, 7) is 0. The number of nitrogens with one attached hydrogen (secondary N) is 1. The van der Waals surface area contributed by atoms with Crippen molar-refractivity contribution >= 4 is 5.69 Å². The van der Waals surface area contributed by atoms with E-state index in [9.17, 15) is 31.4 Å². The molecule has 0 aliphatic rings. The zero-order valence-electron chi connectivity index (χ0n) is 11.0. The molecule has 0 atom stereocenters. The molecule has 0 aliphatic carbocycles. The summed E-state index contributed by atoms with van der Waals surface area (Å²) in [5, 5.41) is 28.4. The topological polar surface area (TPSA) is 79.8 Å². The van der Waals surface area contributed by atoms with Gasteiger partial charge in [-0.15, -0.1) is 0 Å². The molecule has 0 unspecified atom stereocenters. The molecular formula is C13H7F6N3O. The summed E-state index contributed by atoms with van der Waals surface area (Å²) in [7, 11) is 0. The highest BCUT2D eigenvalue weighted by molar-refractivity contribution is 5.58. The first kappa shape index (κ1) is 18.3. The molecule has 0 bridgehead atoms. The number of halogens is 6. The van der Waals surface area contributed by atoms with E-state index in [4.69, 9.17) is 10.5 Å². The number of aliphatic hydroxyl groups is 1. The Balaban J connectivity index is 3.52. The molecule has 0 radical (unpaired) electrons. The minimum atomic E-state index is -6.04. The summed E-state index contributed by atoms with van der Waals surface area (Å²) in [6.07, 6.45) is -11.5. The van der Waals surface area contributed by atoms with E-state index in [0.29, 0.717) is 12.3 Å². The van der Waals surface area contributed by atoms with Crippen molar-refractivity contribution in [2.75, 3.05) is 5.32 Å². The van der Waals surface area contributed by atoms with Gasteiger partial charge in [0.25, 0.3) is 5.60 Å². The van der Waals surface area contributed by atoms with Crippen molar-refractivity contribution in [3.8, 4) is 12.1 Å². The SMILES string of the molecule is N#CC(C#N)=CNc1ccccc1C(O)(C(F)(F)F)C(F)(F)F. The molecule has 1 aromatic rings. The Morgan fingerprint density at radius 3 is 1.91 bits per heavy atom. The maximum Gasteiger partial charge on any atom is 0.430 e. The molecule has 4 nitrogen and oxygen atoms in total. The number of anilines is 1.